The summed E-state index contributed by atoms with van der Waals surface area (Å²) in [5.41, 5.74) is 2.00. The smallest absolute Gasteiger partial charge is 0.407 e. The number of ether oxygens (including phenoxy) is 1. The van der Waals surface area contributed by atoms with E-state index in [-0.39, 0.29) is 49.6 Å². The van der Waals surface area contributed by atoms with E-state index >= 15 is 0 Å². The molecule has 0 aliphatic carbocycles. The SMILES string of the molecule is CC(C)[C@H](NC(=O)CCCCCNC(=O)OC(C)(C)C)C(=O)N[C@@H](Cc1ccccc1)[C@@H](O)[C@@H](NCc1ccccc1)C(=O)N[C@H](C(=O)NCc1ccccc1)C(C)C. The van der Waals surface area contributed by atoms with Crippen LogP contribution in [0.5, 0.6) is 0 Å². The van der Waals surface area contributed by atoms with Gasteiger partial charge in [-0.1, -0.05) is 125 Å². The van der Waals surface area contributed by atoms with E-state index in [1.165, 1.54) is 0 Å². The summed E-state index contributed by atoms with van der Waals surface area (Å²) >= 11 is 0. The van der Waals surface area contributed by atoms with Crippen molar-refractivity contribution in [1.82, 2.24) is 31.9 Å². The molecule has 0 saturated carbocycles. The molecule has 0 spiro atoms. The molecule has 0 radical (unpaired) electrons. The Bertz CT molecular complexity index is 1730. The summed E-state index contributed by atoms with van der Waals surface area (Å²) in [7, 11) is 0. The first-order chi connectivity index (χ1) is 28.0. The molecule has 3 aromatic rings. The Labute approximate surface area is 350 Å². The molecule has 13 heteroatoms. The van der Waals surface area contributed by atoms with Gasteiger partial charge >= 0.3 is 6.09 Å². The molecule has 7 N–H and O–H groups in total. The fourth-order valence-corrected chi connectivity index (χ4v) is 6.37. The van der Waals surface area contributed by atoms with Crippen LogP contribution >= 0.6 is 0 Å². The predicted molar refractivity (Wildman–Crippen MR) is 230 cm³/mol. The van der Waals surface area contributed by atoms with Gasteiger partial charge in [0, 0.05) is 26.1 Å². The normalized spacial score (nSPS) is 14.0. The second-order valence-electron chi connectivity index (χ2n) is 16.6. The summed E-state index contributed by atoms with van der Waals surface area (Å²) in [4.78, 5) is 66.8. The Morgan fingerprint density at radius 2 is 1.10 bits per heavy atom. The molecule has 59 heavy (non-hydrogen) atoms. The highest BCUT2D eigenvalue weighted by Gasteiger charge is 2.37. The van der Waals surface area contributed by atoms with Crippen molar-refractivity contribution < 1.29 is 33.8 Å². The first-order valence-electron chi connectivity index (χ1n) is 20.7. The minimum absolute atomic E-state index is 0.172. The highest BCUT2D eigenvalue weighted by Crippen LogP contribution is 2.15. The number of rotatable bonds is 23. The topological polar surface area (TPSA) is 187 Å². The Balaban J connectivity index is 1.77. The zero-order valence-electron chi connectivity index (χ0n) is 35.8. The molecular formula is C46H66N6O7. The molecule has 0 fully saturated rings. The number of hydrogen-bond donors (Lipinski definition) is 7. The van der Waals surface area contributed by atoms with Crippen LogP contribution in [0.4, 0.5) is 4.79 Å². The number of nitrogens with one attached hydrogen (secondary N) is 6. The Hall–Kier alpha value is -5.27. The molecule has 3 aromatic carbocycles. The van der Waals surface area contributed by atoms with Gasteiger partial charge in [-0.2, -0.15) is 0 Å². The average molecular weight is 815 g/mol. The van der Waals surface area contributed by atoms with Crippen LogP contribution in [0, 0.1) is 11.8 Å². The zero-order chi connectivity index (χ0) is 43.4. The molecule has 0 unspecified atom stereocenters. The molecule has 0 aromatic heterocycles. The number of carbonyl (C=O) groups excluding carboxylic acids is 5. The van der Waals surface area contributed by atoms with Crippen molar-refractivity contribution in [1.29, 1.82) is 0 Å². The quantitative estimate of drug-likeness (QED) is 0.0658. The second-order valence-corrected chi connectivity index (χ2v) is 16.6. The maximum atomic E-state index is 14.3. The number of benzene rings is 3. The van der Waals surface area contributed by atoms with E-state index in [1.807, 2.05) is 119 Å². The van der Waals surface area contributed by atoms with E-state index in [2.05, 4.69) is 31.9 Å². The molecule has 0 aliphatic heterocycles. The van der Waals surface area contributed by atoms with Gasteiger partial charge in [0.1, 0.15) is 23.7 Å². The molecule has 5 atom stereocenters. The van der Waals surface area contributed by atoms with E-state index in [1.54, 1.807) is 20.8 Å². The number of carbonyl (C=O) groups is 5. The van der Waals surface area contributed by atoms with Gasteiger partial charge in [-0.3, -0.25) is 24.5 Å². The van der Waals surface area contributed by atoms with Crippen LogP contribution in [0.15, 0.2) is 91.0 Å². The first-order valence-corrected chi connectivity index (χ1v) is 20.7. The van der Waals surface area contributed by atoms with Crippen LogP contribution < -0.4 is 31.9 Å². The number of alkyl carbamates (subject to hydrolysis) is 1. The summed E-state index contributed by atoms with van der Waals surface area (Å²) in [6, 6.07) is 24.1. The molecule has 0 aliphatic rings. The van der Waals surface area contributed by atoms with Gasteiger partial charge in [-0.15, -0.1) is 0 Å². The van der Waals surface area contributed by atoms with Crippen LogP contribution in [0.1, 0.15) is 90.8 Å². The molecule has 0 saturated heterocycles. The van der Waals surface area contributed by atoms with Crippen molar-refractivity contribution in [3.8, 4) is 0 Å². The van der Waals surface area contributed by atoms with Crippen LogP contribution in [0.2, 0.25) is 0 Å². The van der Waals surface area contributed by atoms with Gasteiger partial charge in [-0.05, 0) is 68.6 Å². The minimum atomic E-state index is -1.47. The van der Waals surface area contributed by atoms with Gasteiger partial charge in [0.05, 0.1) is 12.1 Å². The van der Waals surface area contributed by atoms with Crippen molar-refractivity contribution in [3.05, 3.63) is 108 Å². The number of hydrogen-bond acceptors (Lipinski definition) is 8. The molecule has 5 amide bonds. The van der Waals surface area contributed by atoms with Crippen molar-refractivity contribution in [2.45, 2.75) is 130 Å². The molecular weight excluding hydrogens is 749 g/mol. The summed E-state index contributed by atoms with van der Waals surface area (Å²) in [6.07, 6.45) is 0.280. The van der Waals surface area contributed by atoms with Gasteiger partial charge in [0.25, 0.3) is 0 Å². The molecule has 322 valence electrons. The Kier molecular flexibility index (Phi) is 20.1. The van der Waals surface area contributed by atoms with Gasteiger partial charge in [-0.25, -0.2) is 4.79 Å². The van der Waals surface area contributed by atoms with Crippen molar-refractivity contribution in [2.24, 2.45) is 11.8 Å². The van der Waals surface area contributed by atoms with Crippen LogP contribution in [-0.4, -0.2) is 77.2 Å². The largest absolute Gasteiger partial charge is 0.444 e. The Morgan fingerprint density at radius 3 is 1.64 bits per heavy atom. The van der Waals surface area contributed by atoms with Gasteiger partial charge in [0.2, 0.25) is 23.6 Å². The van der Waals surface area contributed by atoms with Gasteiger partial charge in [0.15, 0.2) is 0 Å². The number of aliphatic hydroxyl groups is 1. The zero-order valence-corrected chi connectivity index (χ0v) is 35.8. The van der Waals surface area contributed by atoms with Crippen molar-refractivity contribution in [3.63, 3.8) is 0 Å². The van der Waals surface area contributed by atoms with E-state index < -0.39 is 53.8 Å². The summed E-state index contributed by atoms with van der Waals surface area (Å²) < 4.78 is 5.25. The first kappa shape index (κ1) is 48.1. The van der Waals surface area contributed by atoms with Crippen LogP contribution in [-0.2, 0) is 43.4 Å². The van der Waals surface area contributed by atoms with Crippen molar-refractivity contribution >= 4 is 29.7 Å². The average Bonchev–Trinajstić information content (AvgIpc) is 3.19. The van der Waals surface area contributed by atoms with E-state index in [0.717, 1.165) is 16.7 Å². The molecule has 13 nitrogen and oxygen atoms in total. The van der Waals surface area contributed by atoms with Gasteiger partial charge < -0.3 is 36.4 Å². The predicted octanol–water partition coefficient (Wildman–Crippen LogP) is 4.92. The maximum Gasteiger partial charge on any atom is 0.407 e. The third kappa shape index (κ3) is 18.0. The van der Waals surface area contributed by atoms with E-state index in [0.29, 0.717) is 25.8 Å². The van der Waals surface area contributed by atoms with E-state index in [9.17, 15) is 29.1 Å². The monoisotopic (exact) mass is 814 g/mol. The van der Waals surface area contributed by atoms with E-state index in [4.69, 9.17) is 4.74 Å². The highest BCUT2D eigenvalue weighted by atomic mass is 16.6. The lowest BCUT2D eigenvalue weighted by molar-refractivity contribution is -0.134. The van der Waals surface area contributed by atoms with Crippen molar-refractivity contribution in [2.75, 3.05) is 6.54 Å². The third-order valence-corrected chi connectivity index (χ3v) is 9.60. The summed E-state index contributed by atoms with van der Waals surface area (Å²) in [5.74, 6) is -2.36. The summed E-state index contributed by atoms with van der Waals surface area (Å²) in [6.45, 7) is 13.6. The third-order valence-electron chi connectivity index (χ3n) is 9.60. The standard InChI is InChI=1S/C46H66N6O7/c1-31(2)38(42(55)49-30-35-24-16-10-17-25-35)52-44(57)40(48-29-34-22-14-9-15-23-34)41(54)36(28-33-20-12-8-13-21-33)50-43(56)39(32(3)4)51-37(53)26-18-11-19-27-47-45(58)59-46(5,6)7/h8-10,12-17,20-25,31-32,36,38-41,48,54H,11,18-19,26-30H2,1-7H3,(H,47,58)(H,49,55)(H,50,56)(H,51,53)(H,52,57)/t36-,38-,39-,40+,41+/m0/s1. The lowest BCUT2D eigenvalue weighted by atomic mass is 9.93. The second kappa shape index (κ2) is 24.6. The lowest BCUT2D eigenvalue weighted by Crippen LogP contribution is -2.63. The number of amides is 5. The van der Waals surface area contributed by atoms with Crippen LogP contribution in [0.3, 0.4) is 0 Å². The fourth-order valence-electron chi connectivity index (χ4n) is 6.37. The molecule has 0 bridgehead atoms. The molecule has 3 rings (SSSR count). The maximum absolute atomic E-state index is 14.3. The number of aliphatic hydroxyl groups excluding tert-OH is 1. The van der Waals surface area contributed by atoms with Crippen LogP contribution in [0.25, 0.3) is 0 Å². The Morgan fingerprint density at radius 1 is 0.593 bits per heavy atom. The fraction of sp³-hybridized carbons (Fsp3) is 0.500. The minimum Gasteiger partial charge on any atom is -0.444 e. The number of unbranched alkanes of at least 4 members (excludes halogenated alkanes) is 2. The lowest BCUT2D eigenvalue weighted by Gasteiger charge is -2.33. The molecule has 0 heterocycles. The summed E-state index contributed by atoms with van der Waals surface area (Å²) in [5, 5.41) is 29.8. The highest BCUT2D eigenvalue weighted by molar-refractivity contribution is 5.91.